The summed E-state index contributed by atoms with van der Waals surface area (Å²) in [5.74, 6) is 0. The minimum absolute atomic E-state index is 0.0995. The highest BCUT2D eigenvalue weighted by Gasteiger charge is 2.13. The van der Waals surface area contributed by atoms with E-state index < -0.39 is 10.0 Å². The molecule has 0 saturated heterocycles. The van der Waals surface area contributed by atoms with Crippen LogP contribution in [0.5, 0.6) is 0 Å². The summed E-state index contributed by atoms with van der Waals surface area (Å²) in [7, 11) is -3.50. The van der Waals surface area contributed by atoms with E-state index in [0.29, 0.717) is 6.54 Å². The van der Waals surface area contributed by atoms with E-state index >= 15 is 0 Å². The van der Waals surface area contributed by atoms with Crippen molar-refractivity contribution in [3.8, 4) is 6.07 Å². The second-order valence-corrected chi connectivity index (χ2v) is 6.42. The van der Waals surface area contributed by atoms with Crippen molar-refractivity contribution in [1.29, 1.82) is 5.26 Å². The van der Waals surface area contributed by atoms with Gasteiger partial charge in [0.25, 0.3) is 0 Å². The molecule has 0 atom stereocenters. The summed E-state index contributed by atoms with van der Waals surface area (Å²) in [4.78, 5) is 3.86. The molecule has 110 valence electrons. The molecule has 0 spiro atoms. The first kappa shape index (κ1) is 16.6. The lowest BCUT2D eigenvalue weighted by Gasteiger charge is -2.06. The standard InChI is InChI=1S/C14H21N3O2S/c1-2-3-4-5-6-7-10-17-20(18,19)14-9-8-13(11-15)16-12-14/h8-9,12,17H,2-7,10H2,1H3. The van der Waals surface area contributed by atoms with E-state index in [4.69, 9.17) is 5.26 Å². The molecule has 1 heterocycles. The van der Waals surface area contributed by atoms with Gasteiger partial charge >= 0.3 is 0 Å². The van der Waals surface area contributed by atoms with Gasteiger partial charge in [-0.05, 0) is 18.6 Å². The second kappa shape index (κ2) is 8.67. The molecule has 0 bridgehead atoms. The molecule has 0 fully saturated rings. The summed E-state index contributed by atoms with van der Waals surface area (Å²) in [5, 5.41) is 8.62. The SMILES string of the molecule is CCCCCCCCNS(=O)(=O)c1ccc(C#N)nc1. The minimum atomic E-state index is -3.50. The lowest BCUT2D eigenvalue weighted by molar-refractivity contribution is 0.567. The van der Waals surface area contributed by atoms with Crippen LogP contribution in [0.25, 0.3) is 0 Å². The normalized spacial score (nSPS) is 11.2. The molecule has 1 rings (SSSR count). The number of rotatable bonds is 9. The Kier molecular flexibility index (Phi) is 7.20. The highest BCUT2D eigenvalue weighted by Crippen LogP contribution is 2.08. The molecule has 1 aromatic rings. The molecule has 20 heavy (non-hydrogen) atoms. The zero-order valence-electron chi connectivity index (χ0n) is 11.8. The van der Waals surface area contributed by atoms with Crippen molar-refractivity contribution in [2.75, 3.05) is 6.54 Å². The molecule has 0 amide bonds. The first-order chi connectivity index (χ1) is 9.60. The maximum atomic E-state index is 11.9. The maximum Gasteiger partial charge on any atom is 0.242 e. The van der Waals surface area contributed by atoms with Crippen LogP contribution in [0.15, 0.2) is 23.2 Å². The van der Waals surface area contributed by atoms with Crippen molar-refractivity contribution in [2.24, 2.45) is 0 Å². The Morgan fingerprint density at radius 1 is 1.20 bits per heavy atom. The fourth-order valence-corrected chi connectivity index (χ4v) is 2.82. The Hall–Kier alpha value is -1.45. The predicted octanol–water partition coefficient (Wildman–Crippen LogP) is 2.59. The van der Waals surface area contributed by atoms with Crippen LogP contribution in [0.2, 0.25) is 0 Å². The van der Waals surface area contributed by atoms with Gasteiger partial charge in [-0.3, -0.25) is 0 Å². The van der Waals surface area contributed by atoms with E-state index in [9.17, 15) is 8.42 Å². The number of nitrogens with zero attached hydrogens (tertiary/aromatic N) is 2. The van der Waals surface area contributed by atoms with Crippen molar-refractivity contribution in [2.45, 2.75) is 50.3 Å². The van der Waals surface area contributed by atoms with Crippen molar-refractivity contribution >= 4 is 10.0 Å². The summed E-state index contributed by atoms with van der Waals surface area (Å²) < 4.78 is 26.4. The van der Waals surface area contributed by atoms with Crippen LogP contribution in [-0.4, -0.2) is 19.9 Å². The van der Waals surface area contributed by atoms with E-state index in [2.05, 4.69) is 16.6 Å². The summed E-state index contributed by atoms with van der Waals surface area (Å²) >= 11 is 0. The van der Waals surface area contributed by atoms with E-state index in [1.165, 1.54) is 37.6 Å². The van der Waals surface area contributed by atoms with Crippen molar-refractivity contribution in [1.82, 2.24) is 9.71 Å². The fraction of sp³-hybridized carbons (Fsp3) is 0.571. The molecule has 1 N–H and O–H groups in total. The molecule has 0 aliphatic rings. The van der Waals surface area contributed by atoms with Crippen LogP contribution in [-0.2, 0) is 10.0 Å². The maximum absolute atomic E-state index is 11.9. The van der Waals surface area contributed by atoms with Crippen LogP contribution in [0.4, 0.5) is 0 Å². The van der Waals surface area contributed by atoms with Gasteiger partial charge in [-0.2, -0.15) is 5.26 Å². The predicted molar refractivity (Wildman–Crippen MR) is 77.5 cm³/mol. The number of sulfonamides is 1. The van der Waals surface area contributed by atoms with Gasteiger partial charge < -0.3 is 0 Å². The molecule has 0 unspecified atom stereocenters. The van der Waals surface area contributed by atoms with Crippen LogP contribution in [0.3, 0.4) is 0 Å². The Morgan fingerprint density at radius 2 is 1.90 bits per heavy atom. The Balaban J connectivity index is 2.36. The molecular weight excluding hydrogens is 274 g/mol. The molecule has 1 aromatic heterocycles. The molecule has 0 aliphatic heterocycles. The van der Waals surface area contributed by atoms with Crippen molar-refractivity contribution in [3.05, 3.63) is 24.0 Å². The fourth-order valence-electron chi connectivity index (χ4n) is 1.80. The third-order valence-corrected chi connectivity index (χ3v) is 4.43. The summed E-state index contributed by atoms with van der Waals surface area (Å²) in [5.41, 5.74) is 0.208. The average molecular weight is 295 g/mol. The van der Waals surface area contributed by atoms with Crippen LogP contribution >= 0.6 is 0 Å². The topological polar surface area (TPSA) is 82.9 Å². The van der Waals surface area contributed by atoms with Gasteiger partial charge in [0, 0.05) is 12.7 Å². The van der Waals surface area contributed by atoms with Gasteiger partial charge in [0.1, 0.15) is 16.7 Å². The zero-order chi connectivity index (χ0) is 14.8. The monoisotopic (exact) mass is 295 g/mol. The molecule has 0 aliphatic carbocycles. The first-order valence-corrected chi connectivity index (χ1v) is 8.44. The number of nitrogens with one attached hydrogen (secondary N) is 1. The molecule has 5 nitrogen and oxygen atoms in total. The van der Waals surface area contributed by atoms with Crippen molar-refractivity contribution < 1.29 is 8.42 Å². The molecule has 0 radical (unpaired) electrons. The number of hydrogen-bond donors (Lipinski definition) is 1. The minimum Gasteiger partial charge on any atom is -0.244 e. The van der Waals surface area contributed by atoms with Gasteiger partial charge in [-0.25, -0.2) is 18.1 Å². The third-order valence-electron chi connectivity index (χ3n) is 2.98. The van der Waals surface area contributed by atoms with Gasteiger partial charge in [-0.15, -0.1) is 0 Å². The molecule has 6 heteroatoms. The number of nitriles is 1. The van der Waals surface area contributed by atoms with E-state index in [-0.39, 0.29) is 10.6 Å². The highest BCUT2D eigenvalue weighted by atomic mass is 32.2. The smallest absolute Gasteiger partial charge is 0.242 e. The Bertz CT molecular complexity index is 533. The van der Waals surface area contributed by atoms with Crippen molar-refractivity contribution in [3.63, 3.8) is 0 Å². The van der Waals surface area contributed by atoms with Crippen LogP contribution in [0.1, 0.15) is 51.1 Å². The molecule has 0 aromatic carbocycles. The van der Waals surface area contributed by atoms with Gasteiger partial charge in [-0.1, -0.05) is 39.0 Å². The van der Waals surface area contributed by atoms with E-state index in [0.717, 1.165) is 19.3 Å². The summed E-state index contributed by atoms with van der Waals surface area (Å²) in [6.07, 6.45) is 7.89. The first-order valence-electron chi connectivity index (χ1n) is 6.96. The number of hydrogen-bond acceptors (Lipinski definition) is 4. The third kappa shape index (κ3) is 5.68. The zero-order valence-corrected chi connectivity index (χ0v) is 12.6. The average Bonchev–Trinajstić information content (AvgIpc) is 2.46. The Labute approximate surface area is 121 Å². The van der Waals surface area contributed by atoms with E-state index in [1.807, 2.05) is 6.07 Å². The van der Waals surface area contributed by atoms with Crippen LogP contribution in [0, 0.1) is 11.3 Å². The van der Waals surface area contributed by atoms with Gasteiger partial charge in [0.05, 0.1) is 0 Å². The number of aromatic nitrogens is 1. The number of unbranched alkanes of at least 4 members (excludes halogenated alkanes) is 5. The van der Waals surface area contributed by atoms with Gasteiger partial charge in [0.15, 0.2) is 0 Å². The van der Waals surface area contributed by atoms with E-state index in [1.54, 1.807) is 0 Å². The Morgan fingerprint density at radius 3 is 2.50 bits per heavy atom. The molecule has 0 saturated carbocycles. The summed E-state index contributed by atoms with van der Waals surface area (Å²) in [6, 6.07) is 4.66. The van der Waals surface area contributed by atoms with Crippen LogP contribution < -0.4 is 4.72 Å². The highest BCUT2D eigenvalue weighted by molar-refractivity contribution is 7.89. The molecular formula is C14H21N3O2S. The lowest BCUT2D eigenvalue weighted by atomic mass is 10.1. The summed E-state index contributed by atoms with van der Waals surface area (Å²) in [6.45, 7) is 2.61. The largest absolute Gasteiger partial charge is 0.244 e. The van der Waals surface area contributed by atoms with Gasteiger partial charge in [0.2, 0.25) is 10.0 Å². The number of pyridine rings is 1. The lowest BCUT2D eigenvalue weighted by Crippen LogP contribution is -2.24. The quantitative estimate of drug-likeness (QED) is 0.710. The second-order valence-electron chi connectivity index (χ2n) is 4.66.